The molecule has 0 unspecified atom stereocenters. The van der Waals surface area contributed by atoms with Gasteiger partial charge in [-0.25, -0.2) is 4.79 Å². The number of ether oxygens (including phenoxy) is 1. The first-order valence-corrected chi connectivity index (χ1v) is 8.55. The number of nitrogens with zero attached hydrogens (tertiary/aromatic N) is 3. The Hall–Kier alpha value is -3.04. The molecule has 26 heavy (non-hydrogen) atoms. The Labute approximate surface area is 152 Å². The summed E-state index contributed by atoms with van der Waals surface area (Å²) in [6, 6.07) is 19.2. The molecule has 1 fully saturated rings. The third-order valence-corrected chi connectivity index (χ3v) is 4.54. The third kappa shape index (κ3) is 4.32. The highest BCUT2D eigenvalue weighted by Gasteiger charge is 2.30. The zero-order valence-corrected chi connectivity index (χ0v) is 14.4. The predicted octanol–water partition coefficient (Wildman–Crippen LogP) is 2.80. The average Bonchev–Trinajstić information content (AvgIpc) is 2.68. The average molecular weight is 351 g/mol. The van der Waals surface area contributed by atoms with Crippen molar-refractivity contribution in [2.45, 2.75) is 12.6 Å². The van der Waals surface area contributed by atoms with Crippen LogP contribution in [0.1, 0.15) is 11.1 Å². The highest BCUT2D eigenvalue weighted by atomic mass is 16.5. The Kier molecular flexibility index (Phi) is 5.72. The molecular weight excluding hydrogens is 330 g/mol. The van der Waals surface area contributed by atoms with Crippen LogP contribution in [-0.4, -0.2) is 53.3 Å². The molecule has 0 saturated carbocycles. The smallest absolute Gasteiger partial charge is 0.407 e. The Morgan fingerprint density at radius 3 is 2.62 bits per heavy atom. The number of para-hydroxylation sites is 1. The zero-order valence-electron chi connectivity index (χ0n) is 14.4. The second kappa shape index (κ2) is 8.37. The van der Waals surface area contributed by atoms with Gasteiger partial charge in [-0.2, -0.15) is 5.26 Å². The van der Waals surface area contributed by atoms with Gasteiger partial charge in [-0.1, -0.05) is 42.5 Å². The highest BCUT2D eigenvalue weighted by molar-refractivity contribution is 5.65. The van der Waals surface area contributed by atoms with Crippen molar-refractivity contribution in [1.29, 1.82) is 5.26 Å². The maximum Gasteiger partial charge on any atom is 0.407 e. The first-order valence-electron chi connectivity index (χ1n) is 8.55. The SMILES string of the molecule is N#Cc1ccccc1OC[C@@H]1CN(C(=O)O)CCN1Cc1ccccc1. The summed E-state index contributed by atoms with van der Waals surface area (Å²) in [6.07, 6.45) is -0.910. The fourth-order valence-electron chi connectivity index (χ4n) is 3.12. The molecule has 1 aliphatic heterocycles. The van der Waals surface area contributed by atoms with E-state index >= 15 is 0 Å². The Bertz CT molecular complexity index is 788. The monoisotopic (exact) mass is 351 g/mol. The molecular formula is C20H21N3O3. The number of nitriles is 1. The van der Waals surface area contributed by atoms with E-state index in [2.05, 4.69) is 23.1 Å². The van der Waals surface area contributed by atoms with Crippen LogP contribution in [0.4, 0.5) is 4.79 Å². The summed E-state index contributed by atoms with van der Waals surface area (Å²) in [7, 11) is 0. The van der Waals surface area contributed by atoms with Gasteiger partial charge in [-0.3, -0.25) is 4.90 Å². The van der Waals surface area contributed by atoms with E-state index in [1.807, 2.05) is 24.3 Å². The van der Waals surface area contributed by atoms with Crippen LogP contribution in [0.5, 0.6) is 5.75 Å². The molecule has 0 spiro atoms. The van der Waals surface area contributed by atoms with Gasteiger partial charge in [0.1, 0.15) is 18.4 Å². The van der Waals surface area contributed by atoms with Gasteiger partial charge in [0.25, 0.3) is 0 Å². The standard InChI is InChI=1S/C20H21N3O3/c21-12-17-8-4-5-9-19(17)26-15-18-14-23(20(24)25)11-10-22(18)13-16-6-2-1-3-7-16/h1-9,18H,10-11,13-15H2,(H,24,25)/t18-/m0/s1. The van der Waals surface area contributed by atoms with Crippen LogP contribution in [0.2, 0.25) is 0 Å². The molecule has 0 radical (unpaired) electrons. The first kappa shape index (κ1) is 17.8. The van der Waals surface area contributed by atoms with Crippen molar-refractivity contribution >= 4 is 6.09 Å². The maximum absolute atomic E-state index is 11.4. The summed E-state index contributed by atoms with van der Waals surface area (Å²) >= 11 is 0. The van der Waals surface area contributed by atoms with Gasteiger partial charge < -0.3 is 14.7 Å². The molecule has 0 bridgehead atoms. The molecule has 0 aromatic heterocycles. The first-order chi connectivity index (χ1) is 12.7. The van der Waals surface area contributed by atoms with Crippen LogP contribution < -0.4 is 4.74 Å². The molecule has 6 heteroatoms. The van der Waals surface area contributed by atoms with Crippen molar-refractivity contribution in [1.82, 2.24) is 9.80 Å². The summed E-state index contributed by atoms with van der Waals surface area (Å²) in [5, 5.41) is 18.5. The van der Waals surface area contributed by atoms with E-state index < -0.39 is 6.09 Å². The largest absolute Gasteiger partial charge is 0.490 e. The van der Waals surface area contributed by atoms with Crippen LogP contribution in [0.3, 0.4) is 0 Å². The van der Waals surface area contributed by atoms with Crippen LogP contribution >= 0.6 is 0 Å². The minimum absolute atomic E-state index is 0.0770. The van der Waals surface area contributed by atoms with Gasteiger partial charge in [-0.05, 0) is 17.7 Å². The lowest BCUT2D eigenvalue weighted by Gasteiger charge is -2.40. The number of hydrogen-bond donors (Lipinski definition) is 1. The molecule has 3 rings (SSSR count). The molecule has 6 nitrogen and oxygen atoms in total. The number of piperazine rings is 1. The van der Waals surface area contributed by atoms with Crippen LogP contribution in [0.25, 0.3) is 0 Å². The van der Waals surface area contributed by atoms with E-state index in [0.29, 0.717) is 37.6 Å². The van der Waals surface area contributed by atoms with E-state index in [9.17, 15) is 15.2 Å². The van der Waals surface area contributed by atoms with Crippen molar-refractivity contribution in [3.05, 3.63) is 65.7 Å². The molecule has 1 aliphatic rings. The molecule has 2 aromatic carbocycles. The van der Waals surface area contributed by atoms with Gasteiger partial charge in [-0.15, -0.1) is 0 Å². The summed E-state index contributed by atoms with van der Waals surface area (Å²) in [5.74, 6) is 0.530. The number of rotatable bonds is 5. The molecule has 0 aliphatic carbocycles. The van der Waals surface area contributed by atoms with E-state index in [-0.39, 0.29) is 6.04 Å². The molecule has 1 amide bonds. The summed E-state index contributed by atoms with van der Waals surface area (Å²) in [4.78, 5) is 15.0. The van der Waals surface area contributed by atoms with Gasteiger partial charge in [0, 0.05) is 26.2 Å². The van der Waals surface area contributed by atoms with E-state index in [0.717, 1.165) is 6.54 Å². The lowest BCUT2D eigenvalue weighted by Crippen LogP contribution is -2.56. The Morgan fingerprint density at radius 2 is 1.88 bits per heavy atom. The number of benzene rings is 2. The Morgan fingerprint density at radius 1 is 1.15 bits per heavy atom. The predicted molar refractivity (Wildman–Crippen MR) is 96.9 cm³/mol. The second-order valence-electron chi connectivity index (χ2n) is 6.26. The fourth-order valence-corrected chi connectivity index (χ4v) is 3.12. The molecule has 1 atom stereocenters. The van der Waals surface area contributed by atoms with Crippen molar-refractivity contribution in [3.63, 3.8) is 0 Å². The van der Waals surface area contributed by atoms with E-state index in [1.165, 1.54) is 10.5 Å². The quantitative estimate of drug-likeness (QED) is 0.896. The molecule has 2 aromatic rings. The second-order valence-corrected chi connectivity index (χ2v) is 6.26. The van der Waals surface area contributed by atoms with E-state index in [1.54, 1.807) is 18.2 Å². The van der Waals surface area contributed by atoms with Gasteiger partial charge in [0.05, 0.1) is 11.6 Å². The van der Waals surface area contributed by atoms with Gasteiger partial charge in [0.15, 0.2) is 0 Å². The number of hydrogen-bond acceptors (Lipinski definition) is 4. The normalized spacial score (nSPS) is 17.5. The van der Waals surface area contributed by atoms with Crippen LogP contribution in [0, 0.1) is 11.3 Å². The lowest BCUT2D eigenvalue weighted by atomic mass is 10.1. The van der Waals surface area contributed by atoms with E-state index in [4.69, 9.17) is 4.74 Å². The maximum atomic E-state index is 11.4. The zero-order chi connectivity index (χ0) is 18.4. The van der Waals surface area contributed by atoms with Crippen LogP contribution in [-0.2, 0) is 6.54 Å². The van der Waals surface area contributed by atoms with Crippen molar-refractivity contribution in [3.8, 4) is 11.8 Å². The Balaban J connectivity index is 1.71. The summed E-state index contributed by atoms with van der Waals surface area (Å²) in [5.41, 5.74) is 1.66. The highest BCUT2D eigenvalue weighted by Crippen LogP contribution is 2.20. The number of carbonyl (C=O) groups is 1. The van der Waals surface area contributed by atoms with Crippen molar-refractivity contribution in [2.75, 3.05) is 26.2 Å². The molecule has 1 heterocycles. The summed E-state index contributed by atoms with van der Waals surface area (Å²) < 4.78 is 5.88. The third-order valence-electron chi connectivity index (χ3n) is 4.54. The van der Waals surface area contributed by atoms with Gasteiger partial charge >= 0.3 is 6.09 Å². The lowest BCUT2D eigenvalue weighted by molar-refractivity contribution is 0.0420. The molecule has 1 saturated heterocycles. The topological polar surface area (TPSA) is 76.8 Å². The summed E-state index contributed by atoms with van der Waals surface area (Å²) in [6.45, 7) is 2.58. The number of carboxylic acid groups (broad SMARTS) is 1. The minimum Gasteiger partial charge on any atom is -0.490 e. The number of amides is 1. The van der Waals surface area contributed by atoms with Crippen molar-refractivity contribution < 1.29 is 14.6 Å². The van der Waals surface area contributed by atoms with Crippen molar-refractivity contribution in [2.24, 2.45) is 0 Å². The molecule has 134 valence electrons. The molecule has 1 N–H and O–H groups in total. The minimum atomic E-state index is -0.910. The van der Waals surface area contributed by atoms with Crippen LogP contribution in [0.15, 0.2) is 54.6 Å². The van der Waals surface area contributed by atoms with Gasteiger partial charge in [0.2, 0.25) is 0 Å². The fraction of sp³-hybridized carbons (Fsp3) is 0.300.